The molecule has 6 rings (SSSR count). The zero-order chi connectivity index (χ0) is 26.0. The molecule has 2 fully saturated rings. The highest BCUT2D eigenvalue weighted by atomic mass is 32.2. The molecule has 0 spiro atoms. The van der Waals surface area contributed by atoms with Gasteiger partial charge in [-0.25, -0.2) is 0 Å². The Morgan fingerprint density at radius 2 is 1.71 bits per heavy atom. The molecule has 1 saturated carbocycles. The second-order valence-corrected chi connectivity index (χ2v) is 13.9. The predicted molar refractivity (Wildman–Crippen MR) is 158 cm³/mol. The van der Waals surface area contributed by atoms with Crippen LogP contribution >= 0.6 is 19.3 Å². The third-order valence-corrected chi connectivity index (χ3v) is 11.4. The number of thioether (sulfide) groups is 1. The first-order valence-electron chi connectivity index (χ1n) is 14.0. The van der Waals surface area contributed by atoms with Crippen molar-refractivity contribution in [3.63, 3.8) is 0 Å². The Kier molecular flexibility index (Phi) is 8.01. The quantitative estimate of drug-likeness (QED) is 0.289. The van der Waals surface area contributed by atoms with E-state index in [1.165, 1.54) is 38.8 Å². The Hall–Kier alpha value is -2.02. The highest BCUT2D eigenvalue weighted by Crippen LogP contribution is 2.52. The van der Waals surface area contributed by atoms with Crippen LogP contribution < -0.4 is 14.7 Å². The number of anilines is 1. The highest BCUT2D eigenvalue weighted by molar-refractivity contribution is 7.99. The van der Waals surface area contributed by atoms with Crippen LogP contribution in [0.3, 0.4) is 0 Å². The minimum absolute atomic E-state index is 0.466. The number of benzene rings is 3. The third-order valence-electron chi connectivity index (χ3n) is 8.30. The molecule has 202 valence electrons. The lowest BCUT2D eigenvalue weighted by Crippen LogP contribution is -2.49. The summed E-state index contributed by atoms with van der Waals surface area (Å²) in [6.45, 7) is 6.93. The van der Waals surface area contributed by atoms with Crippen molar-refractivity contribution in [2.75, 3.05) is 56.3 Å². The van der Waals surface area contributed by atoms with Gasteiger partial charge in [-0.3, -0.25) is 14.1 Å². The number of hydrogen-bond donors (Lipinski definition) is 1. The molecule has 38 heavy (non-hydrogen) atoms. The molecule has 1 aliphatic carbocycles. The molecule has 0 aromatic heterocycles. The van der Waals surface area contributed by atoms with Crippen molar-refractivity contribution in [2.24, 2.45) is 0 Å². The lowest BCUT2D eigenvalue weighted by atomic mass is 10.1. The molecular weight excluding hydrogens is 513 g/mol. The van der Waals surface area contributed by atoms with Gasteiger partial charge in [0.15, 0.2) is 0 Å². The fraction of sp³-hybridized carbons (Fsp3) is 0.467. The topological polar surface area (TPSA) is 56.2 Å². The minimum atomic E-state index is -3.79. The molecule has 1 unspecified atom stereocenters. The Bertz CT molecular complexity index is 1310. The lowest BCUT2D eigenvalue weighted by Gasteiger charge is -2.38. The van der Waals surface area contributed by atoms with E-state index in [1.807, 2.05) is 54.6 Å². The van der Waals surface area contributed by atoms with Gasteiger partial charge in [-0.2, -0.15) is 0 Å². The van der Waals surface area contributed by atoms with Gasteiger partial charge in [-0.1, -0.05) is 43.2 Å². The summed E-state index contributed by atoms with van der Waals surface area (Å²) in [6, 6.07) is 20.3. The molecular formula is C30H38N3O3PS. The molecule has 6 nitrogen and oxygen atoms in total. The molecule has 1 atom stereocenters. The van der Waals surface area contributed by atoms with Crippen LogP contribution in [0.1, 0.15) is 32.1 Å². The Balaban J connectivity index is 1.07. The van der Waals surface area contributed by atoms with Crippen molar-refractivity contribution in [1.29, 1.82) is 0 Å². The van der Waals surface area contributed by atoms with Crippen LogP contribution in [0.5, 0.6) is 5.75 Å². The van der Waals surface area contributed by atoms with Crippen molar-refractivity contribution in [2.45, 2.75) is 43.0 Å². The molecule has 1 N–H and O–H groups in total. The molecule has 0 bridgehead atoms. The van der Waals surface area contributed by atoms with E-state index in [0.717, 1.165) is 65.0 Å². The van der Waals surface area contributed by atoms with Gasteiger partial charge in [0.2, 0.25) is 0 Å². The summed E-state index contributed by atoms with van der Waals surface area (Å²) in [5.41, 5.74) is 0.792. The average Bonchev–Trinajstić information content (AvgIpc) is 3.50. The summed E-state index contributed by atoms with van der Waals surface area (Å²) in [7, 11) is -3.79. The van der Waals surface area contributed by atoms with E-state index in [-0.39, 0.29) is 0 Å². The first kappa shape index (κ1) is 26.2. The summed E-state index contributed by atoms with van der Waals surface area (Å²) in [6.07, 6.45) is 6.56. The van der Waals surface area contributed by atoms with Crippen LogP contribution in [0.25, 0.3) is 10.8 Å². The number of fused-ring (bicyclic) bond motifs is 2. The van der Waals surface area contributed by atoms with E-state index in [2.05, 4.69) is 9.80 Å². The van der Waals surface area contributed by atoms with Crippen molar-refractivity contribution in [3.05, 3.63) is 60.7 Å². The number of nitrogens with zero attached hydrogens (tertiary/aromatic N) is 3. The fourth-order valence-electron chi connectivity index (χ4n) is 6.15. The Morgan fingerprint density at radius 1 is 0.921 bits per heavy atom. The maximum absolute atomic E-state index is 13.9. The second kappa shape index (κ2) is 11.6. The summed E-state index contributed by atoms with van der Waals surface area (Å²) in [5.74, 6) is 1.54. The van der Waals surface area contributed by atoms with Crippen LogP contribution in [0.4, 0.5) is 5.69 Å². The van der Waals surface area contributed by atoms with Crippen molar-refractivity contribution < 1.29 is 14.2 Å². The van der Waals surface area contributed by atoms with Gasteiger partial charge < -0.3 is 14.5 Å². The van der Waals surface area contributed by atoms with Gasteiger partial charge in [0, 0.05) is 62.0 Å². The molecule has 8 heteroatoms. The molecule has 3 aromatic rings. The molecule has 0 amide bonds. The van der Waals surface area contributed by atoms with Crippen LogP contribution in [-0.2, 0) is 4.57 Å². The molecule has 3 aliphatic rings. The maximum Gasteiger partial charge on any atom is 0.324 e. The predicted octanol–water partition coefficient (Wildman–Crippen LogP) is 5.59. The van der Waals surface area contributed by atoms with Gasteiger partial charge in [-0.15, -0.1) is 11.8 Å². The Labute approximate surface area is 230 Å². The second-order valence-electron chi connectivity index (χ2n) is 10.7. The van der Waals surface area contributed by atoms with E-state index in [9.17, 15) is 9.46 Å². The molecule has 2 heterocycles. The monoisotopic (exact) mass is 551 g/mol. The normalized spacial score (nSPS) is 20.9. The summed E-state index contributed by atoms with van der Waals surface area (Å²) in [4.78, 5) is 17.7. The van der Waals surface area contributed by atoms with Crippen LogP contribution in [0.15, 0.2) is 65.6 Å². The van der Waals surface area contributed by atoms with Crippen molar-refractivity contribution in [1.82, 2.24) is 9.80 Å². The van der Waals surface area contributed by atoms with E-state index in [0.29, 0.717) is 18.5 Å². The zero-order valence-electron chi connectivity index (χ0n) is 22.0. The standard InChI is InChI=1S/C30H38N3O3PS/c34-37(35,28-12-10-24-6-1-2-7-25(24)22-28)33-19-21-38-30-13-11-27(23-29(30)33)36-20-5-14-31-15-17-32(18-16-31)26-8-3-4-9-26/h1-2,6-7,10-13,22-23,26H,3-5,8-9,14-21H2,(H,34,35). The van der Waals surface area contributed by atoms with E-state index in [1.54, 1.807) is 22.5 Å². The van der Waals surface area contributed by atoms with Gasteiger partial charge >= 0.3 is 7.52 Å². The zero-order valence-corrected chi connectivity index (χ0v) is 23.7. The maximum atomic E-state index is 13.9. The number of hydrogen-bond acceptors (Lipinski definition) is 5. The van der Waals surface area contributed by atoms with Crippen LogP contribution in [0, 0.1) is 0 Å². The third kappa shape index (κ3) is 5.64. The number of rotatable bonds is 8. The fourth-order valence-corrected chi connectivity index (χ4v) is 9.01. The minimum Gasteiger partial charge on any atom is -0.493 e. The molecule has 1 saturated heterocycles. The molecule has 0 radical (unpaired) electrons. The summed E-state index contributed by atoms with van der Waals surface area (Å²) < 4.78 is 21.7. The summed E-state index contributed by atoms with van der Waals surface area (Å²) in [5, 5.41) is 2.51. The summed E-state index contributed by atoms with van der Waals surface area (Å²) >= 11 is 1.73. The number of piperazine rings is 1. The first-order chi connectivity index (χ1) is 18.6. The van der Waals surface area contributed by atoms with E-state index >= 15 is 0 Å². The SMILES string of the molecule is O=P(O)(c1ccc2ccccc2c1)N1CCSc2ccc(OCCCN3CCN(C4CCCC4)CC3)cc21. The lowest BCUT2D eigenvalue weighted by molar-refractivity contribution is 0.0941. The van der Waals surface area contributed by atoms with E-state index in [4.69, 9.17) is 4.74 Å². The van der Waals surface area contributed by atoms with E-state index < -0.39 is 7.52 Å². The van der Waals surface area contributed by atoms with Gasteiger partial charge in [0.05, 0.1) is 17.6 Å². The van der Waals surface area contributed by atoms with Gasteiger partial charge in [0.1, 0.15) is 5.75 Å². The Morgan fingerprint density at radius 3 is 2.53 bits per heavy atom. The highest BCUT2D eigenvalue weighted by Gasteiger charge is 2.34. The van der Waals surface area contributed by atoms with Crippen LogP contribution in [0.2, 0.25) is 0 Å². The largest absolute Gasteiger partial charge is 0.493 e. The van der Waals surface area contributed by atoms with Crippen LogP contribution in [-0.4, -0.2) is 72.4 Å². The molecule has 2 aliphatic heterocycles. The van der Waals surface area contributed by atoms with Crippen molar-refractivity contribution in [3.8, 4) is 5.75 Å². The number of ether oxygens (including phenoxy) is 1. The molecule has 3 aromatic carbocycles. The average molecular weight is 552 g/mol. The first-order valence-corrected chi connectivity index (χ1v) is 16.6. The smallest absolute Gasteiger partial charge is 0.324 e. The van der Waals surface area contributed by atoms with Crippen molar-refractivity contribution >= 4 is 41.0 Å². The van der Waals surface area contributed by atoms with Gasteiger partial charge in [-0.05, 0) is 54.3 Å². The van der Waals surface area contributed by atoms with Gasteiger partial charge in [0.25, 0.3) is 0 Å².